The molecule has 0 bridgehead atoms. The molecule has 0 radical (unpaired) electrons. The molecule has 2 unspecified atom stereocenters. The maximum Gasteiger partial charge on any atom is 0.0954 e. The SMILES string of the molecule is CCN(CC(C)CN)CC1OCCc2ccccc21. The topological polar surface area (TPSA) is 38.5 Å². The van der Waals surface area contributed by atoms with Gasteiger partial charge >= 0.3 is 0 Å². The normalized spacial score (nSPS) is 20.3. The zero-order valence-electron chi connectivity index (χ0n) is 12.1. The van der Waals surface area contributed by atoms with Crippen LogP contribution in [0.4, 0.5) is 0 Å². The standard InChI is InChI=1S/C16H26N2O/c1-3-18(11-13(2)10-17)12-16-15-7-5-4-6-14(15)8-9-19-16/h4-7,13,16H,3,8-12,17H2,1-2H3. The summed E-state index contributed by atoms with van der Waals surface area (Å²) in [5.41, 5.74) is 8.54. The lowest BCUT2D eigenvalue weighted by Gasteiger charge is -2.32. The van der Waals surface area contributed by atoms with Crippen molar-refractivity contribution in [3.05, 3.63) is 35.4 Å². The Morgan fingerprint density at radius 1 is 1.42 bits per heavy atom. The van der Waals surface area contributed by atoms with Crippen LogP contribution in [0.5, 0.6) is 0 Å². The van der Waals surface area contributed by atoms with Gasteiger partial charge in [-0.25, -0.2) is 0 Å². The Kier molecular flexibility index (Phi) is 5.37. The van der Waals surface area contributed by atoms with E-state index in [1.807, 2.05) is 0 Å². The van der Waals surface area contributed by atoms with Gasteiger partial charge in [-0.2, -0.15) is 0 Å². The minimum Gasteiger partial charge on any atom is -0.372 e. The molecule has 1 aliphatic rings. The minimum atomic E-state index is 0.217. The summed E-state index contributed by atoms with van der Waals surface area (Å²) in [7, 11) is 0. The first-order valence-electron chi connectivity index (χ1n) is 7.36. The van der Waals surface area contributed by atoms with Crippen molar-refractivity contribution in [1.29, 1.82) is 0 Å². The summed E-state index contributed by atoms with van der Waals surface area (Å²) in [6.07, 6.45) is 1.26. The van der Waals surface area contributed by atoms with E-state index in [0.717, 1.165) is 39.2 Å². The van der Waals surface area contributed by atoms with Crippen LogP contribution in [0.25, 0.3) is 0 Å². The maximum absolute atomic E-state index is 5.98. The van der Waals surface area contributed by atoms with Crippen LogP contribution in [0.2, 0.25) is 0 Å². The van der Waals surface area contributed by atoms with E-state index in [4.69, 9.17) is 10.5 Å². The summed E-state index contributed by atoms with van der Waals surface area (Å²) >= 11 is 0. The molecule has 2 rings (SSSR count). The summed E-state index contributed by atoms with van der Waals surface area (Å²) < 4.78 is 5.98. The Bertz CT molecular complexity index is 394. The zero-order valence-corrected chi connectivity index (χ0v) is 12.1. The molecule has 0 saturated carbocycles. The van der Waals surface area contributed by atoms with Crippen LogP contribution in [-0.4, -0.2) is 37.7 Å². The van der Waals surface area contributed by atoms with E-state index < -0.39 is 0 Å². The van der Waals surface area contributed by atoms with Crippen molar-refractivity contribution in [3.63, 3.8) is 0 Å². The lowest BCUT2D eigenvalue weighted by Crippen LogP contribution is -2.36. The van der Waals surface area contributed by atoms with E-state index in [2.05, 4.69) is 43.0 Å². The first-order chi connectivity index (χ1) is 9.24. The highest BCUT2D eigenvalue weighted by atomic mass is 16.5. The van der Waals surface area contributed by atoms with Gasteiger partial charge in [-0.1, -0.05) is 38.1 Å². The fraction of sp³-hybridized carbons (Fsp3) is 0.625. The van der Waals surface area contributed by atoms with Gasteiger partial charge in [0.05, 0.1) is 12.7 Å². The van der Waals surface area contributed by atoms with E-state index in [-0.39, 0.29) is 6.10 Å². The van der Waals surface area contributed by atoms with E-state index in [0.29, 0.717) is 5.92 Å². The van der Waals surface area contributed by atoms with Crippen LogP contribution >= 0.6 is 0 Å². The molecule has 1 aliphatic heterocycles. The molecule has 0 fully saturated rings. The van der Waals surface area contributed by atoms with Crippen LogP contribution in [-0.2, 0) is 11.2 Å². The van der Waals surface area contributed by atoms with Crippen molar-refractivity contribution in [2.24, 2.45) is 11.7 Å². The monoisotopic (exact) mass is 262 g/mol. The Hall–Kier alpha value is -0.900. The fourth-order valence-electron chi connectivity index (χ4n) is 2.71. The molecule has 3 nitrogen and oxygen atoms in total. The fourth-order valence-corrected chi connectivity index (χ4v) is 2.71. The van der Waals surface area contributed by atoms with E-state index in [1.54, 1.807) is 0 Å². The number of benzene rings is 1. The molecule has 3 heteroatoms. The van der Waals surface area contributed by atoms with Crippen molar-refractivity contribution in [2.75, 3.05) is 32.8 Å². The second-order valence-electron chi connectivity index (χ2n) is 5.50. The Balaban J connectivity index is 2.02. The van der Waals surface area contributed by atoms with Gasteiger partial charge in [0, 0.05) is 13.1 Å². The lowest BCUT2D eigenvalue weighted by atomic mass is 9.97. The molecule has 0 amide bonds. The average molecular weight is 262 g/mol. The smallest absolute Gasteiger partial charge is 0.0954 e. The van der Waals surface area contributed by atoms with E-state index in [1.165, 1.54) is 11.1 Å². The predicted molar refractivity (Wildman–Crippen MR) is 79.2 cm³/mol. The predicted octanol–water partition coefficient (Wildman–Crippen LogP) is 2.22. The summed E-state index contributed by atoms with van der Waals surface area (Å²) in [5, 5.41) is 0. The van der Waals surface area contributed by atoms with E-state index in [9.17, 15) is 0 Å². The van der Waals surface area contributed by atoms with Crippen molar-refractivity contribution in [2.45, 2.75) is 26.4 Å². The maximum atomic E-state index is 5.98. The molecule has 0 aliphatic carbocycles. The Morgan fingerprint density at radius 2 is 2.21 bits per heavy atom. The van der Waals surface area contributed by atoms with Gasteiger partial charge < -0.3 is 15.4 Å². The van der Waals surface area contributed by atoms with Gasteiger partial charge in [-0.15, -0.1) is 0 Å². The summed E-state index contributed by atoms with van der Waals surface area (Å²) in [5.74, 6) is 0.541. The number of fused-ring (bicyclic) bond motifs is 1. The largest absolute Gasteiger partial charge is 0.372 e. The lowest BCUT2D eigenvalue weighted by molar-refractivity contribution is 0.0145. The second kappa shape index (κ2) is 7.04. The van der Waals surface area contributed by atoms with Gasteiger partial charge in [0.1, 0.15) is 0 Å². The van der Waals surface area contributed by atoms with Crippen LogP contribution in [0.15, 0.2) is 24.3 Å². The summed E-state index contributed by atoms with van der Waals surface area (Å²) in [6, 6.07) is 8.66. The van der Waals surface area contributed by atoms with Crippen molar-refractivity contribution < 1.29 is 4.74 Å². The van der Waals surface area contributed by atoms with Gasteiger partial charge in [-0.05, 0) is 36.6 Å². The van der Waals surface area contributed by atoms with Gasteiger partial charge in [0.25, 0.3) is 0 Å². The molecular formula is C16H26N2O. The molecule has 0 saturated heterocycles. The Morgan fingerprint density at radius 3 is 2.95 bits per heavy atom. The number of ether oxygens (including phenoxy) is 1. The zero-order chi connectivity index (χ0) is 13.7. The number of nitrogens with two attached hydrogens (primary N) is 1. The second-order valence-corrected chi connectivity index (χ2v) is 5.50. The van der Waals surface area contributed by atoms with Crippen molar-refractivity contribution in [3.8, 4) is 0 Å². The molecule has 2 atom stereocenters. The number of rotatable bonds is 6. The molecule has 2 N–H and O–H groups in total. The van der Waals surface area contributed by atoms with Crippen LogP contribution in [0, 0.1) is 5.92 Å². The van der Waals surface area contributed by atoms with Crippen molar-refractivity contribution in [1.82, 2.24) is 4.90 Å². The van der Waals surface area contributed by atoms with Crippen molar-refractivity contribution >= 4 is 0 Å². The molecule has 19 heavy (non-hydrogen) atoms. The van der Waals surface area contributed by atoms with Gasteiger partial charge in [-0.3, -0.25) is 0 Å². The Labute approximate surface area is 116 Å². The minimum absolute atomic E-state index is 0.217. The average Bonchev–Trinajstić information content (AvgIpc) is 2.46. The molecular weight excluding hydrogens is 236 g/mol. The third-order valence-corrected chi connectivity index (χ3v) is 3.94. The summed E-state index contributed by atoms with van der Waals surface area (Å²) in [4.78, 5) is 2.45. The van der Waals surface area contributed by atoms with Crippen LogP contribution in [0.1, 0.15) is 31.1 Å². The molecule has 1 aromatic carbocycles. The van der Waals surface area contributed by atoms with Gasteiger partial charge in [0.2, 0.25) is 0 Å². The van der Waals surface area contributed by atoms with Crippen LogP contribution < -0.4 is 5.73 Å². The first kappa shape index (κ1) is 14.5. The quantitative estimate of drug-likeness (QED) is 0.854. The molecule has 1 aromatic rings. The first-order valence-corrected chi connectivity index (χ1v) is 7.36. The number of nitrogens with zero attached hydrogens (tertiary/aromatic N) is 1. The number of hydrogen-bond donors (Lipinski definition) is 1. The van der Waals surface area contributed by atoms with E-state index >= 15 is 0 Å². The van der Waals surface area contributed by atoms with Gasteiger partial charge in [0.15, 0.2) is 0 Å². The number of hydrogen-bond acceptors (Lipinski definition) is 3. The third kappa shape index (κ3) is 3.78. The highest BCUT2D eigenvalue weighted by Crippen LogP contribution is 2.27. The highest BCUT2D eigenvalue weighted by Gasteiger charge is 2.22. The summed E-state index contributed by atoms with van der Waals surface area (Å²) in [6.45, 7) is 9.07. The number of likely N-dealkylation sites (N-methyl/N-ethyl adjacent to an activating group) is 1. The molecule has 1 heterocycles. The third-order valence-electron chi connectivity index (χ3n) is 3.94. The molecule has 0 spiro atoms. The molecule has 106 valence electrons. The van der Waals surface area contributed by atoms with Crippen LogP contribution in [0.3, 0.4) is 0 Å². The molecule has 0 aromatic heterocycles. The highest BCUT2D eigenvalue weighted by molar-refractivity contribution is 5.31.